The Kier molecular flexibility index (Phi) is 5.87. The second-order valence-electron chi connectivity index (χ2n) is 3.86. The first kappa shape index (κ1) is 14.2. The molecule has 0 aliphatic carbocycles. The molecule has 0 heterocycles. The quantitative estimate of drug-likeness (QED) is 0.730. The van der Waals surface area contributed by atoms with Gasteiger partial charge in [0.05, 0.1) is 6.61 Å². The Morgan fingerprint density at radius 2 is 2.06 bits per heavy atom. The van der Waals surface area contributed by atoms with Crippen molar-refractivity contribution in [1.82, 2.24) is 10.6 Å². The summed E-state index contributed by atoms with van der Waals surface area (Å²) in [6.45, 7) is 2.85. The number of carbonyl (C=O) groups is 2. The highest BCUT2D eigenvalue weighted by Gasteiger charge is 2.05. The molecule has 0 aliphatic heterocycles. The number of hydrogen-bond donors (Lipinski definition) is 2. The SMILES string of the molecule is COCCNC(=O)c1cccc(CNC(C)=O)c1. The zero-order chi connectivity index (χ0) is 13.4. The second kappa shape index (κ2) is 7.45. The van der Waals surface area contributed by atoms with Crippen LogP contribution in [0.2, 0.25) is 0 Å². The zero-order valence-corrected chi connectivity index (χ0v) is 10.7. The molecular formula is C13H18N2O3. The predicted octanol–water partition coefficient (Wildman–Crippen LogP) is 0.699. The van der Waals surface area contributed by atoms with Crippen LogP contribution in [0.1, 0.15) is 22.8 Å². The maximum absolute atomic E-state index is 11.8. The van der Waals surface area contributed by atoms with Gasteiger partial charge in [-0.05, 0) is 17.7 Å². The highest BCUT2D eigenvalue weighted by molar-refractivity contribution is 5.94. The summed E-state index contributed by atoms with van der Waals surface area (Å²) in [4.78, 5) is 22.6. The molecule has 1 rings (SSSR count). The zero-order valence-electron chi connectivity index (χ0n) is 10.7. The Hall–Kier alpha value is -1.88. The van der Waals surface area contributed by atoms with Crippen molar-refractivity contribution in [2.24, 2.45) is 0 Å². The number of methoxy groups -OCH3 is 1. The fourth-order valence-electron chi connectivity index (χ4n) is 1.42. The molecule has 0 spiro atoms. The molecule has 0 aliphatic rings. The molecule has 2 amide bonds. The molecule has 98 valence electrons. The van der Waals surface area contributed by atoms with Crippen molar-refractivity contribution in [2.75, 3.05) is 20.3 Å². The lowest BCUT2D eigenvalue weighted by Gasteiger charge is -2.07. The van der Waals surface area contributed by atoms with E-state index in [-0.39, 0.29) is 11.8 Å². The van der Waals surface area contributed by atoms with Gasteiger partial charge in [-0.3, -0.25) is 9.59 Å². The second-order valence-corrected chi connectivity index (χ2v) is 3.86. The van der Waals surface area contributed by atoms with E-state index in [0.29, 0.717) is 25.3 Å². The third-order valence-electron chi connectivity index (χ3n) is 2.32. The molecule has 0 saturated heterocycles. The van der Waals surface area contributed by atoms with E-state index in [1.165, 1.54) is 6.92 Å². The fraction of sp³-hybridized carbons (Fsp3) is 0.385. The number of amides is 2. The highest BCUT2D eigenvalue weighted by atomic mass is 16.5. The molecule has 0 bridgehead atoms. The van der Waals surface area contributed by atoms with Gasteiger partial charge >= 0.3 is 0 Å². The van der Waals surface area contributed by atoms with Gasteiger partial charge in [-0.1, -0.05) is 12.1 Å². The lowest BCUT2D eigenvalue weighted by molar-refractivity contribution is -0.119. The van der Waals surface area contributed by atoms with Gasteiger partial charge in [-0.2, -0.15) is 0 Å². The third kappa shape index (κ3) is 4.97. The van der Waals surface area contributed by atoms with Crippen LogP contribution in [0.25, 0.3) is 0 Å². The molecule has 18 heavy (non-hydrogen) atoms. The molecule has 0 radical (unpaired) electrons. The maximum Gasteiger partial charge on any atom is 0.251 e. The van der Waals surface area contributed by atoms with Crippen LogP contribution < -0.4 is 10.6 Å². The summed E-state index contributed by atoms with van der Waals surface area (Å²) in [6.07, 6.45) is 0. The largest absolute Gasteiger partial charge is 0.383 e. The topological polar surface area (TPSA) is 67.4 Å². The normalized spacial score (nSPS) is 9.89. The fourth-order valence-corrected chi connectivity index (χ4v) is 1.42. The van der Waals surface area contributed by atoms with E-state index in [4.69, 9.17) is 4.74 Å². The van der Waals surface area contributed by atoms with Crippen LogP contribution in [0.5, 0.6) is 0 Å². The average Bonchev–Trinajstić information content (AvgIpc) is 2.37. The number of nitrogens with one attached hydrogen (secondary N) is 2. The number of benzene rings is 1. The van der Waals surface area contributed by atoms with E-state index in [2.05, 4.69) is 10.6 Å². The minimum Gasteiger partial charge on any atom is -0.383 e. The summed E-state index contributed by atoms with van der Waals surface area (Å²) >= 11 is 0. The van der Waals surface area contributed by atoms with Gasteiger partial charge in [0, 0.05) is 32.7 Å². The summed E-state index contributed by atoms with van der Waals surface area (Å²) in [6, 6.07) is 7.15. The first-order valence-electron chi connectivity index (χ1n) is 5.74. The average molecular weight is 250 g/mol. The molecule has 0 saturated carbocycles. The lowest BCUT2D eigenvalue weighted by Crippen LogP contribution is -2.27. The van der Waals surface area contributed by atoms with Gasteiger partial charge in [0.25, 0.3) is 5.91 Å². The van der Waals surface area contributed by atoms with E-state index in [1.54, 1.807) is 25.3 Å². The smallest absolute Gasteiger partial charge is 0.251 e. The highest BCUT2D eigenvalue weighted by Crippen LogP contribution is 2.05. The van der Waals surface area contributed by atoms with Gasteiger partial charge in [0.15, 0.2) is 0 Å². The number of carbonyl (C=O) groups excluding carboxylic acids is 2. The van der Waals surface area contributed by atoms with Crippen LogP contribution in [0, 0.1) is 0 Å². The number of rotatable bonds is 6. The van der Waals surface area contributed by atoms with E-state index in [1.807, 2.05) is 6.07 Å². The summed E-state index contributed by atoms with van der Waals surface area (Å²) in [5.74, 6) is -0.235. The predicted molar refractivity (Wildman–Crippen MR) is 68.2 cm³/mol. The molecular weight excluding hydrogens is 232 g/mol. The van der Waals surface area contributed by atoms with Gasteiger partial charge in [-0.15, -0.1) is 0 Å². The van der Waals surface area contributed by atoms with Gasteiger partial charge in [0.2, 0.25) is 5.91 Å². The van der Waals surface area contributed by atoms with Gasteiger partial charge in [-0.25, -0.2) is 0 Å². The summed E-state index contributed by atoms with van der Waals surface area (Å²) < 4.78 is 4.85. The molecule has 5 nitrogen and oxygen atoms in total. The maximum atomic E-state index is 11.8. The lowest BCUT2D eigenvalue weighted by atomic mass is 10.1. The monoisotopic (exact) mass is 250 g/mol. The van der Waals surface area contributed by atoms with Crippen molar-refractivity contribution in [3.8, 4) is 0 Å². The van der Waals surface area contributed by atoms with Crippen LogP contribution in [-0.4, -0.2) is 32.1 Å². The molecule has 2 N–H and O–H groups in total. The van der Waals surface area contributed by atoms with Crippen LogP contribution in [0.3, 0.4) is 0 Å². The van der Waals surface area contributed by atoms with E-state index >= 15 is 0 Å². The van der Waals surface area contributed by atoms with E-state index in [0.717, 1.165) is 5.56 Å². The summed E-state index contributed by atoms with van der Waals surface area (Å²) in [5.41, 5.74) is 1.47. The van der Waals surface area contributed by atoms with Crippen molar-refractivity contribution in [2.45, 2.75) is 13.5 Å². The number of hydrogen-bond acceptors (Lipinski definition) is 3. The molecule has 1 aromatic carbocycles. The molecule has 0 aromatic heterocycles. The molecule has 1 aromatic rings. The first-order chi connectivity index (χ1) is 8.63. The Balaban J connectivity index is 2.57. The van der Waals surface area contributed by atoms with Crippen LogP contribution in [0.4, 0.5) is 0 Å². The third-order valence-corrected chi connectivity index (χ3v) is 2.32. The summed E-state index contributed by atoms with van der Waals surface area (Å²) in [5, 5.41) is 5.43. The molecule has 0 unspecified atom stereocenters. The Morgan fingerprint density at radius 1 is 1.28 bits per heavy atom. The number of ether oxygens (including phenoxy) is 1. The molecule has 0 atom stereocenters. The van der Waals surface area contributed by atoms with E-state index in [9.17, 15) is 9.59 Å². The van der Waals surface area contributed by atoms with Crippen molar-refractivity contribution in [3.05, 3.63) is 35.4 Å². The Morgan fingerprint density at radius 3 is 2.72 bits per heavy atom. The van der Waals surface area contributed by atoms with Crippen molar-refractivity contribution in [3.63, 3.8) is 0 Å². The Labute approximate surface area is 107 Å². The van der Waals surface area contributed by atoms with E-state index < -0.39 is 0 Å². The standard InChI is InChI=1S/C13H18N2O3/c1-10(16)15-9-11-4-3-5-12(8-11)13(17)14-6-7-18-2/h3-5,8H,6-7,9H2,1-2H3,(H,14,17)(H,15,16). The minimum absolute atomic E-state index is 0.0926. The van der Waals surface area contributed by atoms with Gasteiger partial charge < -0.3 is 15.4 Å². The Bertz CT molecular complexity index is 418. The van der Waals surface area contributed by atoms with Crippen molar-refractivity contribution in [1.29, 1.82) is 0 Å². The molecule has 0 fully saturated rings. The van der Waals surface area contributed by atoms with Crippen LogP contribution >= 0.6 is 0 Å². The molecule has 5 heteroatoms. The minimum atomic E-state index is -0.142. The van der Waals surface area contributed by atoms with Gasteiger partial charge in [0.1, 0.15) is 0 Å². The van der Waals surface area contributed by atoms with Crippen LogP contribution in [0.15, 0.2) is 24.3 Å². The summed E-state index contributed by atoms with van der Waals surface area (Å²) in [7, 11) is 1.58. The van der Waals surface area contributed by atoms with Crippen molar-refractivity contribution >= 4 is 11.8 Å². The van der Waals surface area contributed by atoms with Crippen LogP contribution in [-0.2, 0) is 16.1 Å². The van der Waals surface area contributed by atoms with Crippen molar-refractivity contribution < 1.29 is 14.3 Å². The first-order valence-corrected chi connectivity index (χ1v) is 5.74.